The molecule has 0 radical (unpaired) electrons. The maximum Gasteiger partial charge on any atom is 0.482 e. The van der Waals surface area contributed by atoms with Gasteiger partial charge in [0.25, 0.3) is 0 Å². The summed E-state index contributed by atoms with van der Waals surface area (Å²) in [4.78, 5) is 18.3. The number of alkyl halides is 1. The molecule has 2 aromatic heterocycles. The number of anilines is 1. The highest BCUT2D eigenvalue weighted by molar-refractivity contribution is 8.45. The van der Waals surface area contributed by atoms with Gasteiger partial charge in [0.2, 0.25) is 0 Å². The monoisotopic (exact) mass is 680 g/mol. The third kappa shape index (κ3) is 6.84. The first-order chi connectivity index (χ1) is 19.5. The van der Waals surface area contributed by atoms with Crippen molar-refractivity contribution in [2.24, 2.45) is 0 Å². The van der Waals surface area contributed by atoms with E-state index in [0.29, 0.717) is 15.8 Å². The van der Waals surface area contributed by atoms with Gasteiger partial charge in [0.05, 0.1) is 29.5 Å². The number of hydrogen-bond donors (Lipinski definition) is 9. The Bertz CT molecular complexity index is 1360. The molecule has 0 aliphatic carbocycles. The number of thiol groups is 1. The summed E-state index contributed by atoms with van der Waals surface area (Å²) >= 11 is 4.93. The average Bonchev–Trinajstić information content (AvgIpc) is 3.44. The van der Waals surface area contributed by atoms with Crippen LogP contribution in [0.25, 0.3) is 10.2 Å². The Hall–Kier alpha value is -0.900. The van der Waals surface area contributed by atoms with Crippen molar-refractivity contribution >= 4 is 54.2 Å². The van der Waals surface area contributed by atoms with Crippen LogP contribution in [0.5, 0.6) is 0 Å². The first-order valence-corrected chi connectivity index (χ1v) is 17.3. The van der Waals surface area contributed by atoms with Gasteiger partial charge in [-0.3, -0.25) is 9.05 Å². The number of ether oxygens (including phenoxy) is 2. The Kier molecular flexibility index (Phi) is 10.4. The number of nitrogens with one attached hydrogen (secondary N) is 1. The van der Waals surface area contributed by atoms with Crippen LogP contribution in [0.3, 0.4) is 0 Å². The Balaban J connectivity index is 1.44. The van der Waals surface area contributed by atoms with E-state index in [-0.39, 0.29) is 5.82 Å². The summed E-state index contributed by atoms with van der Waals surface area (Å²) in [6.45, 7) is -5.01. The van der Waals surface area contributed by atoms with Gasteiger partial charge in [0, 0.05) is 5.56 Å². The molecule has 42 heavy (non-hydrogen) atoms. The van der Waals surface area contributed by atoms with Crippen LogP contribution in [0.4, 0.5) is 10.2 Å². The normalized spacial score (nSPS) is 37.4. The van der Waals surface area contributed by atoms with Crippen molar-refractivity contribution in [1.29, 1.82) is 0 Å². The summed E-state index contributed by atoms with van der Waals surface area (Å²) in [5, 5.41) is 54.9. The second kappa shape index (κ2) is 12.8. The number of halogens is 1. The fourth-order valence-corrected chi connectivity index (χ4v) is 8.97. The van der Waals surface area contributed by atoms with Gasteiger partial charge in [-0.15, -0.1) is 11.3 Å². The molecule has 2 aliphatic rings. The summed E-state index contributed by atoms with van der Waals surface area (Å²) in [7, 11) is -3.95. The largest absolute Gasteiger partial charge is 0.482 e. The Morgan fingerprint density at radius 1 is 1.26 bits per heavy atom. The number of fused-ring (bicyclic) bond motifs is 1. The molecule has 22 heteroatoms. The molecular formula is C20H31FN4O13P2S2. The third-order valence-electron chi connectivity index (χ3n) is 6.83. The standard InChI is InChI=1S/C20H31FN4O13P2S2/c1-20(30)16(23-2)9(35-17(20)7-5-42-15-10(7)24-6-25-18(15)22)4-34-40(33,41)38-39(31,32)37-19-13(29)11(27)12(28)14(36-19)8(21)3-26/h5-6,8-9,11-14,16-17,19,23,26-30H,3-4H2,1-2H3,(H,31,32)(H,33,41)(H2,22,24,25)/t8-,9+,11?,12?,13?,14?,16+,17-,19?,20+,40?/m0/s1. The van der Waals surface area contributed by atoms with E-state index in [4.69, 9.17) is 24.8 Å². The van der Waals surface area contributed by atoms with Crippen molar-refractivity contribution in [3.63, 3.8) is 0 Å². The van der Waals surface area contributed by atoms with E-state index in [9.17, 15) is 38.8 Å². The number of nitrogen functional groups attached to an aromatic ring is 1. The zero-order valence-electron chi connectivity index (χ0n) is 21.9. The predicted molar refractivity (Wildman–Crippen MR) is 146 cm³/mol. The predicted octanol–water partition coefficient (Wildman–Crippen LogP) is -0.622. The van der Waals surface area contributed by atoms with Gasteiger partial charge in [-0.1, -0.05) is 12.2 Å². The first kappa shape index (κ1) is 34.0. The Morgan fingerprint density at radius 3 is 2.60 bits per heavy atom. The minimum absolute atomic E-state index is 0.244. The van der Waals surface area contributed by atoms with Gasteiger partial charge in [-0.25, -0.2) is 23.5 Å². The molecule has 4 heterocycles. The third-order valence-corrected chi connectivity index (χ3v) is 11.4. The molecule has 0 aromatic carbocycles. The molecule has 2 aliphatic heterocycles. The molecule has 12 atom stereocenters. The molecule has 2 aromatic rings. The Labute approximate surface area is 247 Å². The topological polar surface area (TPSA) is 266 Å². The molecular weight excluding hydrogens is 649 g/mol. The molecule has 7 unspecified atom stereocenters. The van der Waals surface area contributed by atoms with Crippen molar-refractivity contribution in [2.45, 2.75) is 67.7 Å². The van der Waals surface area contributed by atoms with E-state index in [0.717, 1.165) is 0 Å². The lowest BCUT2D eigenvalue weighted by Crippen LogP contribution is -2.60. The fraction of sp³-hybridized carbons (Fsp3) is 0.700. The van der Waals surface area contributed by atoms with Gasteiger partial charge >= 0.3 is 14.6 Å². The maximum atomic E-state index is 14.0. The number of aliphatic hydroxyl groups is 5. The number of phosphoric acid groups is 1. The fourth-order valence-electron chi connectivity index (χ4n) is 4.84. The number of thiophene rings is 1. The van der Waals surface area contributed by atoms with Crippen LogP contribution in [0.1, 0.15) is 18.6 Å². The minimum Gasteiger partial charge on any atom is -0.393 e. The number of hydrogen-bond acceptors (Lipinski definition) is 17. The van der Waals surface area contributed by atoms with Gasteiger partial charge in [0.15, 0.2) is 12.5 Å². The number of likely N-dealkylation sites (N-methyl/N-ethyl adjacent to an activating group) is 1. The number of rotatable bonds is 11. The van der Waals surface area contributed by atoms with Crippen LogP contribution < -0.4 is 11.1 Å². The van der Waals surface area contributed by atoms with E-state index in [1.54, 1.807) is 5.38 Å². The lowest BCUT2D eigenvalue weighted by molar-refractivity contribution is -0.287. The lowest BCUT2D eigenvalue weighted by Gasteiger charge is -2.41. The summed E-state index contributed by atoms with van der Waals surface area (Å²) in [6.07, 6.45) is -13.5. The molecule has 0 saturated carbocycles. The van der Waals surface area contributed by atoms with Gasteiger partial charge in [-0.2, -0.15) is 4.31 Å². The molecule has 9 N–H and O–H groups in total. The van der Waals surface area contributed by atoms with Crippen molar-refractivity contribution in [2.75, 3.05) is 26.0 Å². The van der Waals surface area contributed by atoms with Gasteiger partial charge < -0.3 is 51.0 Å². The van der Waals surface area contributed by atoms with Crippen LogP contribution in [-0.2, 0) is 32.0 Å². The van der Waals surface area contributed by atoms with Crippen molar-refractivity contribution in [1.82, 2.24) is 15.3 Å². The average molecular weight is 681 g/mol. The first-order valence-electron chi connectivity index (χ1n) is 12.2. The molecule has 4 rings (SSSR count). The van der Waals surface area contributed by atoms with E-state index >= 15 is 0 Å². The van der Waals surface area contributed by atoms with Crippen LogP contribution >= 0.6 is 38.2 Å². The Morgan fingerprint density at radius 2 is 1.95 bits per heavy atom. The summed E-state index contributed by atoms with van der Waals surface area (Å²) in [5.41, 5.74) is 5.30. The van der Waals surface area contributed by atoms with E-state index in [2.05, 4.69) is 36.4 Å². The zero-order chi connectivity index (χ0) is 31.2. The van der Waals surface area contributed by atoms with E-state index in [1.807, 2.05) is 0 Å². The van der Waals surface area contributed by atoms with Crippen LogP contribution in [-0.4, -0.2) is 115 Å². The highest BCUT2D eigenvalue weighted by atomic mass is 32.7. The van der Waals surface area contributed by atoms with Gasteiger partial charge in [0.1, 0.15) is 54.4 Å². The number of phosphoric ester groups is 1. The summed E-state index contributed by atoms with van der Waals surface area (Å²) < 4.78 is 65.3. The SMILES string of the molecule is CN[C@@H]1[C@@H](COP(=O)(S)OP(=O)(O)OC2OC([C@@H](F)CO)C(O)C(O)C2O)O[C@@H](c2csc3c(N)ncnc23)[C@]1(C)O. The molecule has 0 amide bonds. The highest BCUT2D eigenvalue weighted by Gasteiger charge is 2.54. The van der Waals surface area contributed by atoms with Crippen LogP contribution in [0.2, 0.25) is 0 Å². The molecule has 0 bridgehead atoms. The number of aliphatic hydroxyl groups excluding tert-OH is 4. The highest BCUT2D eigenvalue weighted by Crippen LogP contribution is 2.66. The molecule has 0 spiro atoms. The van der Waals surface area contributed by atoms with Crippen LogP contribution in [0.15, 0.2) is 11.7 Å². The van der Waals surface area contributed by atoms with Gasteiger partial charge in [-0.05, 0) is 19.4 Å². The maximum absolute atomic E-state index is 14.0. The molecule has 17 nitrogen and oxygen atoms in total. The lowest BCUT2D eigenvalue weighted by atomic mass is 9.87. The summed E-state index contributed by atoms with van der Waals surface area (Å²) in [5.74, 6) is 0.244. The minimum atomic E-state index is -5.48. The number of aromatic nitrogens is 2. The second-order valence-corrected chi connectivity index (χ2v) is 15.1. The second-order valence-electron chi connectivity index (χ2n) is 9.73. The smallest absolute Gasteiger partial charge is 0.393 e. The van der Waals surface area contributed by atoms with Crippen molar-refractivity contribution < 1.29 is 66.8 Å². The molecule has 238 valence electrons. The number of nitrogens with two attached hydrogens (primary N) is 1. The van der Waals surface area contributed by atoms with Crippen molar-refractivity contribution in [3.05, 3.63) is 17.3 Å². The molecule has 2 saturated heterocycles. The van der Waals surface area contributed by atoms with E-state index < -0.39 is 88.6 Å². The molecule has 2 fully saturated rings. The van der Waals surface area contributed by atoms with Crippen LogP contribution in [0, 0.1) is 0 Å². The quantitative estimate of drug-likeness (QED) is 0.106. The van der Waals surface area contributed by atoms with E-state index in [1.165, 1.54) is 31.6 Å². The number of nitrogens with zero attached hydrogens (tertiary/aromatic N) is 2. The van der Waals surface area contributed by atoms with Crippen molar-refractivity contribution in [3.8, 4) is 0 Å². The summed E-state index contributed by atoms with van der Waals surface area (Å²) in [6, 6.07) is -0.835. The zero-order valence-corrected chi connectivity index (χ0v) is 25.4.